The Hall–Kier alpha value is -0.320. The molecule has 0 aromatic carbocycles. The predicted octanol–water partition coefficient (Wildman–Crippen LogP) is 0.00430. The number of primary amides is 1. The molecule has 0 aromatic heterocycles. The molecule has 82 valence electrons. The van der Waals surface area contributed by atoms with Crippen molar-refractivity contribution in [3.63, 3.8) is 0 Å². The fourth-order valence-electron chi connectivity index (χ4n) is 1.71. The first kappa shape index (κ1) is 11.8. The minimum absolute atomic E-state index is 0. The second-order valence-electron chi connectivity index (χ2n) is 3.96. The average molecular weight is 221 g/mol. The van der Waals surface area contributed by atoms with E-state index >= 15 is 0 Å². The van der Waals surface area contributed by atoms with Gasteiger partial charge in [0, 0.05) is 19.6 Å². The lowest BCUT2D eigenvalue weighted by Gasteiger charge is -2.31. The van der Waals surface area contributed by atoms with Crippen LogP contribution in [0, 0.1) is 5.92 Å². The smallest absolute Gasteiger partial charge is 0.247 e. The molecule has 1 unspecified atom stereocenters. The molecular formula is C9H17ClN2O2. The molecule has 2 rings (SSSR count). The summed E-state index contributed by atoms with van der Waals surface area (Å²) in [6, 6.07) is 0. The van der Waals surface area contributed by atoms with E-state index in [1.54, 1.807) is 0 Å². The van der Waals surface area contributed by atoms with Gasteiger partial charge in [-0.1, -0.05) is 0 Å². The van der Waals surface area contributed by atoms with Crippen molar-refractivity contribution in [3.05, 3.63) is 0 Å². The summed E-state index contributed by atoms with van der Waals surface area (Å²) in [4.78, 5) is 13.2. The van der Waals surface area contributed by atoms with E-state index in [1.165, 1.54) is 12.8 Å². The molecule has 1 saturated carbocycles. The highest BCUT2D eigenvalue weighted by Crippen LogP contribution is 2.30. The van der Waals surface area contributed by atoms with Crippen LogP contribution in [0.2, 0.25) is 0 Å². The number of hydrogen-bond donors (Lipinski definition) is 1. The highest BCUT2D eigenvalue weighted by atomic mass is 35.5. The number of hydrogen-bond acceptors (Lipinski definition) is 3. The zero-order chi connectivity index (χ0) is 9.26. The van der Waals surface area contributed by atoms with Crippen LogP contribution < -0.4 is 5.73 Å². The summed E-state index contributed by atoms with van der Waals surface area (Å²) in [7, 11) is 0. The SMILES string of the molecule is Cl.NC(=O)C1CN(CC2CC2)CCO1. The van der Waals surface area contributed by atoms with Crippen LogP contribution in [0.4, 0.5) is 0 Å². The van der Waals surface area contributed by atoms with Gasteiger partial charge in [-0.2, -0.15) is 0 Å². The van der Waals surface area contributed by atoms with Crippen LogP contribution >= 0.6 is 12.4 Å². The summed E-state index contributed by atoms with van der Waals surface area (Å²) in [5.74, 6) is 0.534. The number of morpholine rings is 1. The first-order valence-electron chi connectivity index (χ1n) is 4.89. The lowest BCUT2D eigenvalue weighted by atomic mass is 10.2. The number of ether oxygens (including phenoxy) is 1. The molecule has 1 amide bonds. The van der Waals surface area contributed by atoms with Gasteiger partial charge in [-0.25, -0.2) is 0 Å². The van der Waals surface area contributed by atoms with Gasteiger partial charge < -0.3 is 10.5 Å². The van der Waals surface area contributed by atoms with Crippen molar-refractivity contribution in [2.45, 2.75) is 18.9 Å². The molecule has 1 aliphatic heterocycles. The molecule has 1 aliphatic carbocycles. The molecule has 0 spiro atoms. The Morgan fingerprint density at radius 3 is 2.79 bits per heavy atom. The molecule has 0 aromatic rings. The third-order valence-corrected chi connectivity index (χ3v) is 2.68. The second-order valence-corrected chi connectivity index (χ2v) is 3.96. The lowest BCUT2D eigenvalue weighted by molar-refractivity contribution is -0.135. The van der Waals surface area contributed by atoms with E-state index in [1.807, 2.05) is 0 Å². The number of nitrogens with two attached hydrogens (primary N) is 1. The van der Waals surface area contributed by atoms with Gasteiger partial charge in [-0.3, -0.25) is 9.69 Å². The average Bonchev–Trinajstić information content (AvgIpc) is 2.89. The zero-order valence-electron chi connectivity index (χ0n) is 8.15. The maximum atomic E-state index is 10.9. The van der Waals surface area contributed by atoms with E-state index < -0.39 is 0 Å². The molecule has 2 aliphatic rings. The van der Waals surface area contributed by atoms with Gasteiger partial charge in [-0.05, 0) is 18.8 Å². The standard InChI is InChI=1S/C9H16N2O2.ClH/c10-9(12)8-6-11(3-4-13-8)5-7-1-2-7;/h7-8H,1-6H2,(H2,10,12);1H. The predicted molar refractivity (Wildman–Crippen MR) is 55.3 cm³/mol. The molecule has 0 radical (unpaired) electrons. The Morgan fingerprint density at radius 1 is 1.50 bits per heavy atom. The van der Waals surface area contributed by atoms with Crippen molar-refractivity contribution in [2.75, 3.05) is 26.2 Å². The summed E-state index contributed by atoms with van der Waals surface area (Å²) in [5.41, 5.74) is 5.19. The highest BCUT2D eigenvalue weighted by molar-refractivity contribution is 5.85. The number of carbonyl (C=O) groups is 1. The van der Waals surface area contributed by atoms with Gasteiger partial charge in [0.25, 0.3) is 0 Å². The summed E-state index contributed by atoms with van der Waals surface area (Å²) >= 11 is 0. The van der Waals surface area contributed by atoms with Crippen molar-refractivity contribution < 1.29 is 9.53 Å². The van der Waals surface area contributed by atoms with Crippen molar-refractivity contribution >= 4 is 18.3 Å². The molecule has 1 atom stereocenters. The number of carbonyl (C=O) groups excluding carboxylic acids is 1. The molecular weight excluding hydrogens is 204 g/mol. The van der Waals surface area contributed by atoms with E-state index in [9.17, 15) is 4.79 Å². The Morgan fingerprint density at radius 2 is 2.21 bits per heavy atom. The first-order chi connectivity index (χ1) is 6.25. The summed E-state index contributed by atoms with van der Waals surface area (Å²) < 4.78 is 5.26. The van der Waals surface area contributed by atoms with Crippen LogP contribution in [0.3, 0.4) is 0 Å². The Balaban J connectivity index is 0.000000980. The van der Waals surface area contributed by atoms with Crippen LogP contribution in [0.5, 0.6) is 0 Å². The van der Waals surface area contributed by atoms with E-state index in [4.69, 9.17) is 10.5 Å². The van der Waals surface area contributed by atoms with Gasteiger partial charge in [0.2, 0.25) is 5.91 Å². The van der Waals surface area contributed by atoms with Gasteiger partial charge in [0.15, 0.2) is 0 Å². The first-order valence-corrected chi connectivity index (χ1v) is 4.89. The van der Waals surface area contributed by atoms with Gasteiger partial charge in [0.1, 0.15) is 6.10 Å². The quantitative estimate of drug-likeness (QED) is 0.729. The normalized spacial score (nSPS) is 28.1. The third kappa shape index (κ3) is 3.12. The van der Waals surface area contributed by atoms with Crippen LogP contribution in [0.25, 0.3) is 0 Å². The van der Waals surface area contributed by atoms with E-state index in [2.05, 4.69) is 4.90 Å². The minimum Gasteiger partial charge on any atom is -0.367 e. The maximum absolute atomic E-state index is 10.9. The number of amides is 1. The summed E-state index contributed by atoms with van der Waals surface area (Å²) in [6.45, 7) is 3.39. The summed E-state index contributed by atoms with van der Waals surface area (Å²) in [6.07, 6.45) is 2.31. The van der Waals surface area contributed by atoms with E-state index in [-0.39, 0.29) is 24.4 Å². The van der Waals surface area contributed by atoms with E-state index in [0.29, 0.717) is 13.2 Å². The zero-order valence-corrected chi connectivity index (χ0v) is 8.96. The van der Waals surface area contributed by atoms with Crippen molar-refractivity contribution in [1.82, 2.24) is 4.90 Å². The third-order valence-electron chi connectivity index (χ3n) is 2.68. The number of rotatable bonds is 3. The number of nitrogens with zero attached hydrogens (tertiary/aromatic N) is 1. The Labute approximate surface area is 90.2 Å². The number of halogens is 1. The molecule has 1 saturated heterocycles. The fourth-order valence-corrected chi connectivity index (χ4v) is 1.71. The van der Waals surface area contributed by atoms with E-state index in [0.717, 1.165) is 19.0 Å². The van der Waals surface area contributed by atoms with Crippen molar-refractivity contribution in [3.8, 4) is 0 Å². The second kappa shape index (κ2) is 4.96. The topological polar surface area (TPSA) is 55.6 Å². The molecule has 0 bridgehead atoms. The largest absolute Gasteiger partial charge is 0.367 e. The van der Waals surface area contributed by atoms with Gasteiger partial charge in [-0.15, -0.1) is 12.4 Å². The van der Waals surface area contributed by atoms with Crippen LogP contribution in [0.15, 0.2) is 0 Å². The summed E-state index contributed by atoms with van der Waals surface area (Å²) in [5, 5.41) is 0. The lowest BCUT2D eigenvalue weighted by Crippen LogP contribution is -2.48. The fraction of sp³-hybridized carbons (Fsp3) is 0.889. The highest BCUT2D eigenvalue weighted by Gasteiger charge is 2.29. The molecule has 2 fully saturated rings. The Bertz CT molecular complexity index is 209. The monoisotopic (exact) mass is 220 g/mol. The maximum Gasteiger partial charge on any atom is 0.247 e. The van der Waals surface area contributed by atoms with Crippen molar-refractivity contribution in [2.24, 2.45) is 11.7 Å². The molecule has 5 heteroatoms. The minimum atomic E-state index is -0.382. The molecule has 14 heavy (non-hydrogen) atoms. The van der Waals surface area contributed by atoms with Crippen LogP contribution in [-0.4, -0.2) is 43.2 Å². The van der Waals surface area contributed by atoms with Crippen LogP contribution in [0.1, 0.15) is 12.8 Å². The van der Waals surface area contributed by atoms with Crippen molar-refractivity contribution in [1.29, 1.82) is 0 Å². The van der Waals surface area contributed by atoms with Gasteiger partial charge >= 0.3 is 0 Å². The molecule has 1 heterocycles. The Kier molecular flexibility index (Phi) is 4.16. The van der Waals surface area contributed by atoms with Gasteiger partial charge in [0.05, 0.1) is 6.61 Å². The van der Waals surface area contributed by atoms with Crippen LogP contribution in [-0.2, 0) is 9.53 Å². The molecule has 4 nitrogen and oxygen atoms in total. The molecule has 2 N–H and O–H groups in total.